The van der Waals surface area contributed by atoms with E-state index in [0.29, 0.717) is 34.9 Å². The molecule has 3 heterocycles. The van der Waals surface area contributed by atoms with Crippen LogP contribution in [0.5, 0.6) is 17.2 Å². The number of aliphatic hydroxyl groups is 1. The van der Waals surface area contributed by atoms with Crippen LogP contribution in [0.3, 0.4) is 0 Å². The molecule has 2 aromatic heterocycles. The molecular weight excluding hydrogens is 441 g/mol. The van der Waals surface area contributed by atoms with Crippen LogP contribution in [0.15, 0.2) is 48.8 Å². The number of nitrogens with two attached hydrogens (primary N) is 1. The number of benzene rings is 2. The number of nitrogens with zero attached hydrogens (tertiary/aromatic N) is 4. The Morgan fingerprint density at radius 2 is 1.94 bits per heavy atom. The molecule has 2 atom stereocenters. The Bertz CT molecular complexity index is 1300. The van der Waals surface area contributed by atoms with Crippen LogP contribution < -0.4 is 15.2 Å². The van der Waals surface area contributed by atoms with Crippen LogP contribution >= 0.6 is 0 Å². The summed E-state index contributed by atoms with van der Waals surface area (Å²) in [5, 5.41) is 14.8. The van der Waals surface area contributed by atoms with Crippen molar-refractivity contribution in [2.45, 2.75) is 25.0 Å². The highest BCUT2D eigenvalue weighted by Gasteiger charge is 2.27. The van der Waals surface area contributed by atoms with Crippen molar-refractivity contribution >= 4 is 16.9 Å². The minimum atomic E-state index is -0.568. The van der Waals surface area contributed by atoms with Gasteiger partial charge in [-0.2, -0.15) is 9.49 Å². The summed E-state index contributed by atoms with van der Waals surface area (Å²) >= 11 is 0. The predicted molar refractivity (Wildman–Crippen MR) is 123 cm³/mol. The number of hydrogen-bond acceptors (Lipinski definition) is 8. The van der Waals surface area contributed by atoms with E-state index in [4.69, 9.17) is 25.0 Å². The highest BCUT2D eigenvalue weighted by atomic mass is 19.1. The zero-order valence-corrected chi connectivity index (χ0v) is 18.5. The van der Waals surface area contributed by atoms with Gasteiger partial charge in [-0.05, 0) is 49.2 Å². The molecule has 0 aliphatic carbocycles. The molecule has 1 aliphatic heterocycles. The molecular formula is C24H24FN5O4. The van der Waals surface area contributed by atoms with E-state index >= 15 is 0 Å². The molecule has 0 saturated carbocycles. The standard InChI is InChI=1S/C24H24FN5O4/c1-32-18-3-2-4-19(21(18)25)34-16-8-5-14(6-9-16)22-20-23(26)27-13-28-24(20)30(29-22)15-7-10-17(11-31)33-12-15/h2-6,8-9,13,15,17,31H,7,10-12H2,1H3,(H2,26,27,28)/t15-,17+/m0/s1. The lowest BCUT2D eigenvalue weighted by atomic mass is 10.1. The Balaban J connectivity index is 1.46. The summed E-state index contributed by atoms with van der Waals surface area (Å²) in [6.07, 6.45) is 2.79. The van der Waals surface area contributed by atoms with Gasteiger partial charge in [0.15, 0.2) is 17.1 Å². The van der Waals surface area contributed by atoms with Crippen LogP contribution in [-0.4, -0.2) is 51.3 Å². The van der Waals surface area contributed by atoms with Crippen molar-refractivity contribution in [2.24, 2.45) is 0 Å². The normalized spacial score (nSPS) is 18.2. The van der Waals surface area contributed by atoms with Gasteiger partial charge in [-0.3, -0.25) is 0 Å². The predicted octanol–water partition coefficient (Wildman–Crippen LogP) is 3.73. The highest BCUT2D eigenvalue weighted by molar-refractivity contribution is 5.98. The lowest BCUT2D eigenvalue weighted by molar-refractivity contribution is -0.0403. The SMILES string of the molecule is COc1cccc(Oc2ccc(-c3nn([C@H]4CC[C@H](CO)OC4)c4ncnc(N)c34)cc2)c1F. The van der Waals surface area contributed by atoms with Gasteiger partial charge in [-0.15, -0.1) is 0 Å². The summed E-state index contributed by atoms with van der Waals surface area (Å²) < 4.78 is 32.7. The molecule has 0 radical (unpaired) electrons. The quantitative estimate of drug-likeness (QED) is 0.442. The van der Waals surface area contributed by atoms with Crippen LogP contribution in [-0.2, 0) is 4.74 Å². The van der Waals surface area contributed by atoms with Gasteiger partial charge in [0.1, 0.15) is 23.6 Å². The van der Waals surface area contributed by atoms with Gasteiger partial charge in [-0.25, -0.2) is 14.6 Å². The molecule has 4 aromatic rings. The van der Waals surface area contributed by atoms with E-state index in [9.17, 15) is 9.50 Å². The average Bonchev–Trinajstić information content (AvgIpc) is 3.27. The Morgan fingerprint density at radius 3 is 2.65 bits per heavy atom. The van der Waals surface area contributed by atoms with Gasteiger partial charge in [-0.1, -0.05) is 6.07 Å². The number of anilines is 1. The van der Waals surface area contributed by atoms with Crippen LogP contribution in [0.2, 0.25) is 0 Å². The minimum Gasteiger partial charge on any atom is -0.494 e. The van der Waals surface area contributed by atoms with Crippen LogP contribution in [0.25, 0.3) is 22.3 Å². The third kappa shape index (κ3) is 4.02. The van der Waals surface area contributed by atoms with E-state index in [0.717, 1.165) is 18.4 Å². The minimum absolute atomic E-state index is 0.00102. The van der Waals surface area contributed by atoms with E-state index in [1.54, 1.807) is 18.2 Å². The van der Waals surface area contributed by atoms with Crippen molar-refractivity contribution in [3.8, 4) is 28.5 Å². The Morgan fingerprint density at radius 1 is 1.15 bits per heavy atom. The Labute approximate surface area is 194 Å². The first-order valence-electron chi connectivity index (χ1n) is 10.9. The van der Waals surface area contributed by atoms with Gasteiger partial charge in [0, 0.05) is 5.56 Å². The fraction of sp³-hybridized carbons (Fsp3) is 0.292. The second kappa shape index (κ2) is 9.24. The summed E-state index contributed by atoms with van der Waals surface area (Å²) in [4.78, 5) is 8.58. The van der Waals surface area contributed by atoms with Gasteiger partial charge >= 0.3 is 0 Å². The molecule has 3 N–H and O–H groups in total. The lowest BCUT2D eigenvalue weighted by Crippen LogP contribution is -2.30. The van der Waals surface area contributed by atoms with Gasteiger partial charge in [0.2, 0.25) is 5.82 Å². The van der Waals surface area contributed by atoms with Gasteiger partial charge in [0.05, 0.1) is 37.9 Å². The third-order valence-electron chi connectivity index (χ3n) is 5.92. The third-order valence-corrected chi connectivity index (χ3v) is 5.92. The Kier molecular flexibility index (Phi) is 5.99. The lowest BCUT2D eigenvalue weighted by Gasteiger charge is -2.28. The number of aliphatic hydroxyl groups excluding tert-OH is 1. The molecule has 0 unspecified atom stereocenters. The molecule has 0 spiro atoms. The van der Waals surface area contributed by atoms with Gasteiger partial charge < -0.3 is 25.1 Å². The van der Waals surface area contributed by atoms with Crippen molar-refractivity contribution in [2.75, 3.05) is 26.1 Å². The number of halogens is 1. The summed E-state index contributed by atoms with van der Waals surface area (Å²) in [5.41, 5.74) is 8.25. The van der Waals surface area contributed by atoms with Crippen LogP contribution in [0, 0.1) is 5.82 Å². The zero-order chi connectivity index (χ0) is 23.7. The van der Waals surface area contributed by atoms with E-state index in [2.05, 4.69) is 9.97 Å². The topological polar surface area (TPSA) is 118 Å². The van der Waals surface area contributed by atoms with Crippen molar-refractivity contribution < 1.29 is 23.7 Å². The van der Waals surface area contributed by atoms with Crippen molar-refractivity contribution in [1.82, 2.24) is 19.7 Å². The Hall–Kier alpha value is -3.76. The number of hydrogen-bond donors (Lipinski definition) is 2. The maximum atomic E-state index is 14.4. The first-order valence-corrected chi connectivity index (χ1v) is 10.9. The molecule has 1 saturated heterocycles. The van der Waals surface area contributed by atoms with Crippen LogP contribution in [0.1, 0.15) is 18.9 Å². The smallest absolute Gasteiger partial charge is 0.207 e. The summed E-state index contributed by atoms with van der Waals surface area (Å²) in [6.45, 7) is 0.422. The summed E-state index contributed by atoms with van der Waals surface area (Å²) in [7, 11) is 1.40. The molecule has 10 heteroatoms. The summed E-state index contributed by atoms with van der Waals surface area (Å²) in [6, 6.07) is 11.8. The number of rotatable bonds is 6. The second-order valence-corrected chi connectivity index (χ2v) is 8.02. The molecule has 1 fully saturated rings. The van der Waals surface area contributed by atoms with E-state index in [1.165, 1.54) is 25.6 Å². The van der Waals surface area contributed by atoms with Crippen molar-refractivity contribution in [3.05, 3.63) is 54.6 Å². The molecule has 9 nitrogen and oxygen atoms in total. The molecule has 1 aliphatic rings. The second-order valence-electron chi connectivity index (χ2n) is 8.02. The van der Waals surface area contributed by atoms with Crippen molar-refractivity contribution in [3.63, 3.8) is 0 Å². The maximum Gasteiger partial charge on any atom is 0.207 e. The van der Waals surface area contributed by atoms with Crippen molar-refractivity contribution in [1.29, 1.82) is 0 Å². The van der Waals surface area contributed by atoms with E-state index < -0.39 is 5.82 Å². The number of nitrogen functional groups attached to an aromatic ring is 1. The number of methoxy groups -OCH3 is 1. The van der Waals surface area contributed by atoms with E-state index in [1.807, 2.05) is 16.8 Å². The maximum absolute atomic E-state index is 14.4. The molecule has 34 heavy (non-hydrogen) atoms. The van der Waals surface area contributed by atoms with E-state index in [-0.39, 0.29) is 30.3 Å². The first kappa shape index (κ1) is 22.1. The van der Waals surface area contributed by atoms with Gasteiger partial charge in [0.25, 0.3) is 0 Å². The monoisotopic (exact) mass is 465 g/mol. The number of fused-ring (bicyclic) bond motifs is 1. The fourth-order valence-corrected chi connectivity index (χ4v) is 4.12. The molecule has 0 bridgehead atoms. The number of aromatic nitrogens is 4. The van der Waals surface area contributed by atoms with Crippen LogP contribution in [0.4, 0.5) is 10.2 Å². The zero-order valence-electron chi connectivity index (χ0n) is 18.5. The molecule has 0 amide bonds. The first-order chi connectivity index (χ1) is 16.6. The molecule has 2 aromatic carbocycles. The molecule has 5 rings (SSSR count). The summed E-state index contributed by atoms with van der Waals surface area (Å²) in [5.74, 6) is 0.396. The largest absolute Gasteiger partial charge is 0.494 e. The molecule has 176 valence electrons. The fourth-order valence-electron chi connectivity index (χ4n) is 4.12. The number of ether oxygens (including phenoxy) is 3. The highest BCUT2D eigenvalue weighted by Crippen LogP contribution is 2.36. The average molecular weight is 465 g/mol.